The summed E-state index contributed by atoms with van der Waals surface area (Å²) in [5.74, 6) is 0.0494. The number of ether oxygens (including phenoxy) is 1. The van der Waals surface area contributed by atoms with Gasteiger partial charge in [0, 0.05) is 22.7 Å². The van der Waals surface area contributed by atoms with E-state index in [9.17, 15) is 4.79 Å². The number of aromatic nitrogens is 1. The molecule has 1 aliphatic heterocycles. The van der Waals surface area contributed by atoms with E-state index in [1.807, 2.05) is 30.3 Å². The number of ketones is 1. The van der Waals surface area contributed by atoms with Gasteiger partial charge in [0.1, 0.15) is 0 Å². The molecule has 0 aliphatic carbocycles. The maximum Gasteiger partial charge on any atom is 0.192 e. The molecule has 0 unspecified atom stereocenters. The van der Waals surface area contributed by atoms with Gasteiger partial charge in [0.25, 0.3) is 0 Å². The largest absolute Gasteiger partial charge is 0.501 e. The quantitative estimate of drug-likeness (QED) is 0.756. The smallest absolute Gasteiger partial charge is 0.192 e. The van der Waals surface area contributed by atoms with Crippen molar-refractivity contribution >= 4 is 16.7 Å². The number of pyridine rings is 1. The molecule has 0 bridgehead atoms. The molecule has 18 heavy (non-hydrogen) atoms. The van der Waals surface area contributed by atoms with Crippen molar-refractivity contribution in [3.05, 3.63) is 53.9 Å². The summed E-state index contributed by atoms with van der Waals surface area (Å²) in [7, 11) is 0. The van der Waals surface area contributed by atoms with E-state index in [4.69, 9.17) is 4.74 Å². The van der Waals surface area contributed by atoms with Crippen LogP contribution in [-0.2, 0) is 4.74 Å². The number of hydrogen-bond donors (Lipinski definition) is 0. The molecule has 0 fully saturated rings. The zero-order valence-corrected chi connectivity index (χ0v) is 9.93. The van der Waals surface area contributed by atoms with Gasteiger partial charge in [-0.2, -0.15) is 0 Å². The first-order chi connectivity index (χ1) is 8.86. The molecule has 1 aliphatic rings. The van der Waals surface area contributed by atoms with Crippen LogP contribution in [0.3, 0.4) is 0 Å². The van der Waals surface area contributed by atoms with Crippen molar-refractivity contribution in [3.8, 4) is 0 Å². The third-order valence-corrected chi connectivity index (χ3v) is 3.12. The zero-order chi connectivity index (χ0) is 12.4. The molecule has 3 rings (SSSR count). The van der Waals surface area contributed by atoms with Gasteiger partial charge in [0.05, 0.1) is 18.4 Å². The second-order valence-electron chi connectivity index (χ2n) is 4.32. The number of allylic oxidation sites excluding steroid dienone is 1. The van der Waals surface area contributed by atoms with E-state index in [1.54, 1.807) is 12.5 Å². The van der Waals surface area contributed by atoms with E-state index in [2.05, 4.69) is 4.98 Å². The van der Waals surface area contributed by atoms with E-state index in [-0.39, 0.29) is 5.78 Å². The lowest BCUT2D eigenvalue weighted by molar-refractivity contribution is 0.101. The van der Waals surface area contributed by atoms with Crippen molar-refractivity contribution in [2.45, 2.75) is 12.8 Å². The highest BCUT2D eigenvalue weighted by Crippen LogP contribution is 2.23. The minimum absolute atomic E-state index is 0.0494. The molecule has 1 aromatic heterocycles. The van der Waals surface area contributed by atoms with E-state index >= 15 is 0 Å². The lowest BCUT2D eigenvalue weighted by Crippen LogP contribution is -2.09. The first-order valence-electron chi connectivity index (χ1n) is 6.05. The lowest BCUT2D eigenvalue weighted by atomic mass is 9.96. The Balaban J connectivity index is 2.09. The van der Waals surface area contributed by atoms with Crippen LogP contribution >= 0.6 is 0 Å². The SMILES string of the molecule is O=C(C1=COCCC1)c1cccc2ncccc12. The van der Waals surface area contributed by atoms with Crippen LogP contribution < -0.4 is 0 Å². The number of rotatable bonds is 2. The summed E-state index contributed by atoms with van der Waals surface area (Å²) in [6.45, 7) is 0.702. The molecule has 0 saturated heterocycles. The third-order valence-electron chi connectivity index (χ3n) is 3.12. The number of Topliss-reactive ketones (excluding diaryl/α,β-unsaturated/α-hetero) is 1. The molecular formula is C15H13NO2. The molecular weight excluding hydrogens is 226 g/mol. The van der Waals surface area contributed by atoms with Crippen LogP contribution in [0, 0.1) is 0 Å². The fourth-order valence-corrected chi connectivity index (χ4v) is 2.21. The van der Waals surface area contributed by atoms with E-state index in [0.29, 0.717) is 12.2 Å². The first kappa shape index (κ1) is 11.0. The third kappa shape index (κ3) is 1.88. The number of fused-ring (bicyclic) bond motifs is 1. The van der Waals surface area contributed by atoms with Crippen LogP contribution in [0.2, 0.25) is 0 Å². The van der Waals surface area contributed by atoms with Crippen LogP contribution in [-0.4, -0.2) is 17.4 Å². The second-order valence-corrected chi connectivity index (χ2v) is 4.32. The summed E-state index contributed by atoms with van der Waals surface area (Å²) in [5, 5.41) is 0.900. The van der Waals surface area contributed by atoms with Crippen LogP contribution in [0.15, 0.2) is 48.4 Å². The monoisotopic (exact) mass is 239 g/mol. The molecule has 0 radical (unpaired) electrons. The Labute approximate surface area is 105 Å². The first-order valence-corrected chi connectivity index (χ1v) is 6.05. The fraction of sp³-hybridized carbons (Fsp3) is 0.200. The van der Waals surface area contributed by atoms with Crippen molar-refractivity contribution in [3.63, 3.8) is 0 Å². The van der Waals surface area contributed by atoms with Crippen molar-refractivity contribution < 1.29 is 9.53 Å². The normalized spacial score (nSPS) is 15.0. The average Bonchev–Trinajstić information content (AvgIpc) is 2.47. The van der Waals surface area contributed by atoms with Gasteiger partial charge in [-0.25, -0.2) is 0 Å². The van der Waals surface area contributed by atoms with Crippen LogP contribution in [0.5, 0.6) is 0 Å². The van der Waals surface area contributed by atoms with Crippen molar-refractivity contribution in [2.75, 3.05) is 6.61 Å². The summed E-state index contributed by atoms with van der Waals surface area (Å²) < 4.78 is 5.24. The van der Waals surface area contributed by atoms with Gasteiger partial charge >= 0.3 is 0 Å². The van der Waals surface area contributed by atoms with Gasteiger partial charge in [-0.1, -0.05) is 18.2 Å². The summed E-state index contributed by atoms with van der Waals surface area (Å²) in [6.07, 6.45) is 5.02. The highest BCUT2D eigenvalue weighted by Gasteiger charge is 2.17. The average molecular weight is 239 g/mol. The molecule has 0 amide bonds. The van der Waals surface area contributed by atoms with Gasteiger partial charge in [-0.3, -0.25) is 9.78 Å². The molecule has 3 heteroatoms. The number of carbonyl (C=O) groups excluding carboxylic acids is 1. The summed E-state index contributed by atoms with van der Waals surface area (Å²) >= 11 is 0. The van der Waals surface area contributed by atoms with Crippen molar-refractivity contribution in [2.24, 2.45) is 0 Å². The topological polar surface area (TPSA) is 39.2 Å². The predicted molar refractivity (Wildman–Crippen MR) is 69.3 cm³/mol. The van der Waals surface area contributed by atoms with Gasteiger partial charge in [0.15, 0.2) is 5.78 Å². The van der Waals surface area contributed by atoms with Crippen LogP contribution in [0.25, 0.3) is 10.9 Å². The molecule has 2 aromatic rings. The Morgan fingerprint density at radius 2 is 2.17 bits per heavy atom. The number of benzene rings is 1. The molecule has 90 valence electrons. The molecule has 0 saturated carbocycles. The molecule has 2 heterocycles. The van der Waals surface area contributed by atoms with Gasteiger partial charge in [-0.05, 0) is 25.0 Å². The Morgan fingerprint density at radius 3 is 3.00 bits per heavy atom. The Kier molecular flexibility index (Phi) is 2.81. The predicted octanol–water partition coefficient (Wildman–Crippen LogP) is 3.11. The summed E-state index contributed by atoms with van der Waals surface area (Å²) in [5.41, 5.74) is 2.30. The standard InChI is InChI=1S/C15H13NO2/c17-15(11-4-3-9-18-10-11)13-5-1-7-14-12(13)6-2-8-16-14/h1-2,5-8,10H,3-4,9H2. The molecule has 1 aromatic carbocycles. The van der Waals surface area contributed by atoms with Crippen LogP contribution in [0.1, 0.15) is 23.2 Å². The van der Waals surface area contributed by atoms with E-state index in [0.717, 1.165) is 29.3 Å². The van der Waals surface area contributed by atoms with Crippen molar-refractivity contribution in [1.82, 2.24) is 4.98 Å². The highest BCUT2D eigenvalue weighted by atomic mass is 16.5. The molecule has 3 nitrogen and oxygen atoms in total. The number of hydrogen-bond acceptors (Lipinski definition) is 3. The van der Waals surface area contributed by atoms with Crippen LogP contribution in [0.4, 0.5) is 0 Å². The minimum Gasteiger partial charge on any atom is -0.501 e. The Morgan fingerprint density at radius 1 is 1.22 bits per heavy atom. The highest BCUT2D eigenvalue weighted by molar-refractivity contribution is 6.15. The second kappa shape index (κ2) is 4.61. The van der Waals surface area contributed by atoms with E-state index in [1.165, 1.54) is 0 Å². The van der Waals surface area contributed by atoms with Gasteiger partial charge in [-0.15, -0.1) is 0 Å². The summed E-state index contributed by atoms with van der Waals surface area (Å²) in [4.78, 5) is 16.7. The van der Waals surface area contributed by atoms with Crippen molar-refractivity contribution in [1.29, 1.82) is 0 Å². The Hall–Kier alpha value is -2.16. The maximum absolute atomic E-state index is 12.4. The van der Waals surface area contributed by atoms with Gasteiger partial charge in [0.2, 0.25) is 0 Å². The summed E-state index contributed by atoms with van der Waals surface area (Å²) in [6, 6.07) is 9.41. The minimum atomic E-state index is 0.0494. The molecule has 0 N–H and O–H groups in total. The van der Waals surface area contributed by atoms with Gasteiger partial charge < -0.3 is 4.74 Å². The fourth-order valence-electron chi connectivity index (χ4n) is 2.21. The lowest BCUT2D eigenvalue weighted by Gasteiger charge is -2.13. The Bertz CT molecular complexity index is 626. The zero-order valence-electron chi connectivity index (χ0n) is 9.93. The number of carbonyl (C=O) groups is 1. The molecule has 0 spiro atoms. The number of nitrogens with zero attached hydrogens (tertiary/aromatic N) is 1. The molecule has 0 atom stereocenters. The van der Waals surface area contributed by atoms with E-state index < -0.39 is 0 Å². The maximum atomic E-state index is 12.4.